The molecule has 0 bridgehead atoms. The van der Waals surface area contributed by atoms with Crippen molar-refractivity contribution in [3.05, 3.63) is 63.5 Å². The van der Waals surface area contributed by atoms with Gasteiger partial charge in [0.25, 0.3) is 5.69 Å². The molecule has 0 aliphatic carbocycles. The molecule has 0 unspecified atom stereocenters. The number of aromatic nitrogens is 1. The largest absolute Gasteiger partial charge is 0.456 e. The number of ether oxygens (including phenoxy) is 1. The fraction of sp³-hybridized carbons (Fsp3) is 0.154. The fourth-order valence-corrected chi connectivity index (χ4v) is 1.73. The Balaban J connectivity index is 2.12. The van der Waals surface area contributed by atoms with Crippen LogP contribution in [0.5, 0.6) is 0 Å². The van der Waals surface area contributed by atoms with E-state index in [0.717, 1.165) is 18.3 Å². The topological polar surface area (TPSA) is 74.4 Å². The van der Waals surface area contributed by atoms with Gasteiger partial charge in [-0.3, -0.25) is 10.1 Å². The Hall–Kier alpha value is -2.77. The van der Waals surface area contributed by atoms with E-state index in [1.165, 1.54) is 23.7 Å². The lowest BCUT2D eigenvalue weighted by Gasteiger charge is -2.06. The monoisotopic (exact) mass is 296 g/mol. The van der Waals surface area contributed by atoms with Crippen molar-refractivity contribution in [3.63, 3.8) is 0 Å². The van der Waals surface area contributed by atoms with Gasteiger partial charge in [0.05, 0.1) is 11.1 Å². The molecule has 8 heteroatoms. The summed E-state index contributed by atoms with van der Waals surface area (Å²) in [5, 5.41) is 10.6. The van der Waals surface area contributed by atoms with E-state index in [9.17, 15) is 23.7 Å². The van der Waals surface area contributed by atoms with E-state index in [-0.39, 0.29) is 16.9 Å². The molecule has 0 radical (unpaired) electrons. The van der Waals surface area contributed by atoms with Crippen LogP contribution >= 0.6 is 0 Å². The van der Waals surface area contributed by atoms with Crippen LogP contribution in [0.25, 0.3) is 0 Å². The van der Waals surface area contributed by atoms with E-state index in [1.54, 1.807) is 0 Å². The first-order valence-corrected chi connectivity index (χ1v) is 5.81. The van der Waals surface area contributed by atoms with E-state index >= 15 is 0 Å². The molecule has 1 aromatic heterocycles. The summed E-state index contributed by atoms with van der Waals surface area (Å²) >= 11 is 0. The number of hydrogen-bond acceptors (Lipinski definition) is 4. The number of nitrogens with zero attached hydrogens (tertiary/aromatic N) is 2. The Labute approximate surface area is 117 Å². The number of hydrogen-bond donors (Lipinski definition) is 0. The van der Waals surface area contributed by atoms with E-state index in [0.29, 0.717) is 0 Å². The van der Waals surface area contributed by atoms with Crippen LogP contribution in [0.4, 0.5) is 14.5 Å². The molecule has 0 N–H and O–H groups in total. The second-order valence-electron chi connectivity index (χ2n) is 4.24. The SMILES string of the molecule is Cn1cc([N+](=O)[O-])cc1C(=O)OCc1cccc(F)c1F. The minimum atomic E-state index is -1.09. The maximum Gasteiger partial charge on any atom is 0.355 e. The lowest BCUT2D eigenvalue weighted by molar-refractivity contribution is -0.384. The van der Waals surface area contributed by atoms with Gasteiger partial charge in [-0.1, -0.05) is 12.1 Å². The highest BCUT2D eigenvalue weighted by molar-refractivity contribution is 5.88. The lowest BCUT2D eigenvalue weighted by atomic mass is 10.2. The smallest absolute Gasteiger partial charge is 0.355 e. The molecule has 0 fully saturated rings. The van der Waals surface area contributed by atoms with Crippen molar-refractivity contribution in [2.45, 2.75) is 6.61 Å². The quantitative estimate of drug-likeness (QED) is 0.493. The molecular formula is C13H10F2N2O4. The number of esters is 1. The Morgan fingerprint density at radius 2 is 2.14 bits per heavy atom. The van der Waals surface area contributed by atoms with E-state index in [2.05, 4.69) is 0 Å². The molecule has 0 aliphatic rings. The van der Waals surface area contributed by atoms with E-state index in [4.69, 9.17) is 4.74 Å². The van der Waals surface area contributed by atoms with Crippen molar-refractivity contribution in [2.24, 2.45) is 7.05 Å². The van der Waals surface area contributed by atoms with Gasteiger partial charge in [-0.25, -0.2) is 13.6 Å². The molecule has 0 aliphatic heterocycles. The summed E-state index contributed by atoms with van der Waals surface area (Å²) in [6.45, 7) is -0.471. The molecular weight excluding hydrogens is 286 g/mol. The number of benzene rings is 1. The van der Waals surface area contributed by atoms with Crippen LogP contribution in [0.15, 0.2) is 30.5 Å². The predicted molar refractivity (Wildman–Crippen MR) is 67.5 cm³/mol. The van der Waals surface area contributed by atoms with Crippen molar-refractivity contribution < 1.29 is 23.2 Å². The van der Waals surface area contributed by atoms with Crippen molar-refractivity contribution >= 4 is 11.7 Å². The standard InChI is InChI=1S/C13H10F2N2O4/c1-16-6-9(17(19)20)5-11(16)13(18)21-7-8-3-2-4-10(14)12(8)15/h2-6H,7H2,1H3. The zero-order chi connectivity index (χ0) is 15.6. The fourth-order valence-electron chi connectivity index (χ4n) is 1.73. The highest BCUT2D eigenvalue weighted by Gasteiger charge is 2.19. The normalized spacial score (nSPS) is 10.4. The Kier molecular flexibility index (Phi) is 3.97. The summed E-state index contributed by atoms with van der Waals surface area (Å²) in [5.74, 6) is -3.00. The number of nitro groups is 1. The number of carbonyl (C=O) groups is 1. The van der Waals surface area contributed by atoms with Gasteiger partial charge in [0.1, 0.15) is 12.3 Å². The molecule has 0 spiro atoms. The van der Waals surface area contributed by atoms with Gasteiger partial charge < -0.3 is 9.30 Å². The predicted octanol–water partition coefficient (Wildman–Crippen LogP) is 2.57. The first-order chi connectivity index (χ1) is 9.90. The van der Waals surface area contributed by atoms with Crippen LogP contribution in [-0.4, -0.2) is 15.5 Å². The third-order valence-electron chi connectivity index (χ3n) is 2.80. The molecule has 0 atom stereocenters. The average molecular weight is 296 g/mol. The van der Waals surface area contributed by atoms with Crippen LogP contribution in [0.2, 0.25) is 0 Å². The van der Waals surface area contributed by atoms with Crippen molar-refractivity contribution in [2.75, 3.05) is 0 Å². The van der Waals surface area contributed by atoms with Crippen molar-refractivity contribution in [1.29, 1.82) is 0 Å². The second-order valence-corrected chi connectivity index (χ2v) is 4.24. The summed E-state index contributed by atoms with van der Waals surface area (Å²) in [7, 11) is 1.44. The number of carbonyl (C=O) groups excluding carboxylic acids is 1. The van der Waals surface area contributed by atoms with Gasteiger partial charge in [-0.05, 0) is 6.07 Å². The van der Waals surface area contributed by atoms with Gasteiger partial charge >= 0.3 is 5.97 Å². The van der Waals surface area contributed by atoms with Crippen LogP contribution in [-0.2, 0) is 18.4 Å². The van der Waals surface area contributed by atoms with Crippen LogP contribution in [0.3, 0.4) is 0 Å². The highest BCUT2D eigenvalue weighted by Crippen LogP contribution is 2.17. The molecule has 110 valence electrons. The van der Waals surface area contributed by atoms with Gasteiger partial charge in [-0.15, -0.1) is 0 Å². The molecule has 0 saturated carbocycles. The lowest BCUT2D eigenvalue weighted by Crippen LogP contribution is -2.10. The molecule has 2 rings (SSSR count). The van der Waals surface area contributed by atoms with Crippen molar-refractivity contribution in [1.82, 2.24) is 4.57 Å². The summed E-state index contributed by atoms with van der Waals surface area (Å²) < 4.78 is 32.4. The van der Waals surface area contributed by atoms with Gasteiger partial charge in [-0.2, -0.15) is 0 Å². The van der Waals surface area contributed by atoms with Crippen molar-refractivity contribution in [3.8, 4) is 0 Å². The zero-order valence-corrected chi connectivity index (χ0v) is 10.9. The third-order valence-corrected chi connectivity index (χ3v) is 2.80. The first-order valence-electron chi connectivity index (χ1n) is 5.81. The summed E-state index contributed by atoms with van der Waals surface area (Å²) in [6, 6.07) is 4.56. The van der Waals surface area contributed by atoms with Crippen LogP contribution in [0, 0.1) is 21.7 Å². The van der Waals surface area contributed by atoms with Gasteiger partial charge in [0.15, 0.2) is 11.6 Å². The summed E-state index contributed by atoms with van der Waals surface area (Å²) in [5.41, 5.74) is -0.438. The molecule has 6 nitrogen and oxygen atoms in total. The maximum atomic E-state index is 13.4. The average Bonchev–Trinajstić information content (AvgIpc) is 2.82. The molecule has 0 amide bonds. The van der Waals surface area contributed by atoms with Gasteiger partial charge in [0.2, 0.25) is 0 Å². The van der Waals surface area contributed by atoms with E-state index < -0.39 is 29.1 Å². The molecule has 0 saturated heterocycles. The molecule has 1 heterocycles. The highest BCUT2D eigenvalue weighted by atomic mass is 19.2. The van der Waals surface area contributed by atoms with Crippen LogP contribution in [0.1, 0.15) is 16.1 Å². The maximum absolute atomic E-state index is 13.4. The Bertz CT molecular complexity index is 712. The van der Waals surface area contributed by atoms with Crippen LogP contribution < -0.4 is 0 Å². The summed E-state index contributed by atoms with van der Waals surface area (Å²) in [4.78, 5) is 21.7. The Morgan fingerprint density at radius 3 is 2.76 bits per heavy atom. The number of rotatable bonds is 4. The van der Waals surface area contributed by atoms with Gasteiger partial charge in [0, 0.05) is 18.7 Å². The Morgan fingerprint density at radius 1 is 1.43 bits per heavy atom. The molecule has 21 heavy (non-hydrogen) atoms. The molecule has 1 aromatic carbocycles. The second kappa shape index (κ2) is 5.70. The zero-order valence-electron chi connectivity index (χ0n) is 10.9. The minimum Gasteiger partial charge on any atom is -0.456 e. The van der Waals surface area contributed by atoms with E-state index in [1.807, 2.05) is 0 Å². The number of halogens is 2. The first kappa shape index (κ1) is 14.6. The minimum absolute atomic E-state index is 0.0569. The molecule has 2 aromatic rings. The number of aryl methyl sites for hydroxylation is 1. The third kappa shape index (κ3) is 3.04. The summed E-state index contributed by atoms with van der Waals surface area (Å²) in [6.07, 6.45) is 1.15.